The summed E-state index contributed by atoms with van der Waals surface area (Å²) in [6.45, 7) is 6.42. The van der Waals surface area contributed by atoms with Gasteiger partial charge in [0.15, 0.2) is 5.13 Å². The lowest BCUT2D eigenvalue weighted by Crippen LogP contribution is -2.29. The van der Waals surface area contributed by atoms with Crippen molar-refractivity contribution in [2.45, 2.75) is 45.6 Å². The van der Waals surface area contributed by atoms with Crippen LogP contribution in [0.1, 0.15) is 39.3 Å². The summed E-state index contributed by atoms with van der Waals surface area (Å²) in [5, 5.41) is 6.28. The van der Waals surface area contributed by atoms with E-state index in [1.165, 1.54) is 7.11 Å². The van der Waals surface area contributed by atoms with Gasteiger partial charge >= 0.3 is 5.97 Å². The molecular weight excluding hydrogens is 236 g/mol. The Bertz CT molecular complexity index is 374. The van der Waals surface area contributed by atoms with Crippen LogP contribution in [-0.2, 0) is 16.0 Å². The number of rotatable bonds is 6. The smallest absolute Gasteiger partial charge is 0.305 e. The monoisotopic (exact) mass is 256 g/mol. The molecule has 0 aliphatic heterocycles. The van der Waals surface area contributed by atoms with Crippen LogP contribution in [0.5, 0.6) is 0 Å². The maximum absolute atomic E-state index is 11.0. The quantitative estimate of drug-likeness (QED) is 0.795. The van der Waals surface area contributed by atoms with Crippen LogP contribution in [0, 0.1) is 0 Å². The van der Waals surface area contributed by atoms with E-state index in [2.05, 4.69) is 35.8 Å². The molecule has 0 amide bonds. The molecule has 1 aromatic rings. The van der Waals surface area contributed by atoms with Crippen LogP contribution in [-0.4, -0.2) is 23.6 Å². The van der Waals surface area contributed by atoms with Gasteiger partial charge in [0.25, 0.3) is 0 Å². The fraction of sp³-hybridized carbons (Fsp3) is 0.667. The number of ether oxygens (including phenoxy) is 1. The van der Waals surface area contributed by atoms with Crippen molar-refractivity contribution < 1.29 is 9.53 Å². The molecule has 0 spiro atoms. The standard InChI is InChI=1S/C12H20N2O2S/c1-5-12(2,3)14-11-13-9(8-17-11)6-7-10(15)16-4/h8H,5-7H2,1-4H3,(H,13,14). The molecule has 1 heterocycles. The number of anilines is 1. The summed E-state index contributed by atoms with van der Waals surface area (Å²) < 4.78 is 4.60. The Balaban J connectivity index is 2.51. The Morgan fingerprint density at radius 2 is 2.29 bits per heavy atom. The van der Waals surface area contributed by atoms with Crippen molar-refractivity contribution >= 4 is 22.4 Å². The summed E-state index contributed by atoms with van der Waals surface area (Å²) in [4.78, 5) is 15.5. The molecule has 96 valence electrons. The van der Waals surface area contributed by atoms with E-state index >= 15 is 0 Å². The molecule has 1 N–H and O–H groups in total. The Morgan fingerprint density at radius 1 is 1.59 bits per heavy atom. The third-order valence-electron chi connectivity index (χ3n) is 2.69. The highest BCUT2D eigenvalue weighted by molar-refractivity contribution is 7.13. The number of carbonyl (C=O) groups excluding carboxylic acids is 1. The Hall–Kier alpha value is -1.10. The molecule has 0 aliphatic rings. The van der Waals surface area contributed by atoms with Gasteiger partial charge in [-0.3, -0.25) is 4.79 Å². The van der Waals surface area contributed by atoms with Gasteiger partial charge in [0.1, 0.15) is 0 Å². The maximum Gasteiger partial charge on any atom is 0.305 e. The fourth-order valence-electron chi connectivity index (χ4n) is 1.19. The van der Waals surface area contributed by atoms with Crippen molar-refractivity contribution in [1.82, 2.24) is 4.98 Å². The third-order valence-corrected chi connectivity index (χ3v) is 3.50. The number of esters is 1. The number of aromatic nitrogens is 1. The molecule has 0 bridgehead atoms. The second-order valence-electron chi connectivity index (χ2n) is 4.58. The first-order valence-corrected chi connectivity index (χ1v) is 6.64. The number of nitrogens with one attached hydrogen (secondary N) is 1. The van der Waals surface area contributed by atoms with E-state index < -0.39 is 0 Å². The molecule has 1 rings (SSSR count). The summed E-state index contributed by atoms with van der Waals surface area (Å²) in [7, 11) is 1.40. The van der Waals surface area contributed by atoms with Gasteiger partial charge in [0.2, 0.25) is 0 Å². The predicted octanol–water partition coefficient (Wildman–Crippen LogP) is 2.85. The van der Waals surface area contributed by atoms with E-state index in [9.17, 15) is 4.79 Å². The van der Waals surface area contributed by atoms with E-state index in [1.807, 2.05) is 5.38 Å². The van der Waals surface area contributed by atoms with Gasteiger partial charge in [0, 0.05) is 17.3 Å². The molecule has 0 atom stereocenters. The topological polar surface area (TPSA) is 51.2 Å². The molecular formula is C12H20N2O2S. The molecule has 4 nitrogen and oxygen atoms in total. The van der Waals surface area contributed by atoms with Crippen LogP contribution in [0.15, 0.2) is 5.38 Å². The zero-order chi connectivity index (χ0) is 12.9. The number of hydrogen-bond acceptors (Lipinski definition) is 5. The average molecular weight is 256 g/mol. The molecule has 0 radical (unpaired) electrons. The van der Waals surface area contributed by atoms with Crippen LogP contribution in [0.4, 0.5) is 5.13 Å². The number of thiazole rings is 1. The number of methoxy groups -OCH3 is 1. The number of nitrogens with zero attached hydrogens (tertiary/aromatic N) is 1. The molecule has 0 aromatic carbocycles. The highest BCUT2D eigenvalue weighted by Gasteiger charge is 2.16. The van der Waals surface area contributed by atoms with Crippen LogP contribution < -0.4 is 5.32 Å². The van der Waals surface area contributed by atoms with Gasteiger partial charge in [-0.1, -0.05) is 6.92 Å². The zero-order valence-corrected chi connectivity index (χ0v) is 11.7. The predicted molar refractivity (Wildman–Crippen MR) is 70.4 cm³/mol. The second-order valence-corrected chi connectivity index (χ2v) is 5.44. The Morgan fingerprint density at radius 3 is 2.88 bits per heavy atom. The van der Waals surface area contributed by atoms with E-state index in [0.717, 1.165) is 17.2 Å². The molecule has 5 heteroatoms. The lowest BCUT2D eigenvalue weighted by Gasteiger charge is -2.23. The molecule has 17 heavy (non-hydrogen) atoms. The number of hydrogen-bond donors (Lipinski definition) is 1. The van der Waals surface area contributed by atoms with Crippen molar-refractivity contribution in [3.8, 4) is 0 Å². The van der Waals surface area contributed by atoms with Crippen molar-refractivity contribution in [1.29, 1.82) is 0 Å². The van der Waals surface area contributed by atoms with Crippen LogP contribution in [0.2, 0.25) is 0 Å². The minimum Gasteiger partial charge on any atom is -0.469 e. The van der Waals surface area contributed by atoms with Crippen LogP contribution in [0.25, 0.3) is 0 Å². The average Bonchev–Trinajstić information content (AvgIpc) is 2.73. The van der Waals surface area contributed by atoms with Crippen molar-refractivity contribution in [3.05, 3.63) is 11.1 Å². The van der Waals surface area contributed by atoms with Crippen molar-refractivity contribution in [3.63, 3.8) is 0 Å². The zero-order valence-electron chi connectivity index (χ0n) is 10.9. The number of aryl methyl sites for hydroxylation is 1. The fourth-order valence-corrected chi connectivity index (χ4v) is 2.11. The van der Waals surface area contributed by atoms with Crippen LogP contribution in [0.3, 0.4) is 0 Å². The first-order valence-electron chi connectivity index (χ1n) is 5.76. The SMILES string of the molecule is CCC(C)(C)Nc1nc(CCC(=O)OC)cs1. The lowest BCUT2D eigenvalue weighted by molar-refractivity contribution is -0.140. The van der Waals surface area contributed by atoms with E-state index in [4.69, 9.17) is 0 Å². The highest BCUT2D eigenvalue weighted by Crippen LogP contribution is 2.22. The summed E-state index contributed by atoms with van der Waals surface area (Å²) in [5.41, 5.74) is 0.993. The normalized spacial score (nSPS) is 11.3. The van der Waals surface area contributed by atoms with Gasteiger partial charge in [-0.2, -0.15) is 0 Å². The summed E-state index contributed by atoms with van der Waals surface area (Å²) in [6, 6.07) is 0. The minimum atomic E-state index is -0.193. The van der Waals surface area contributed by atoms with E-state index in [1.54, 1.807) is 11.3 Å². The third kappa shape index (κ3) is 4.73. The molecule has 0 aliphatic carbocycles. The van der Waals surface area contributed by atoms with Crippen molar-refractivity contribution in [2.75, 3.05) is 12.4 Å². The first-order chi connectivity index (χ1) is 7.96. The first kappa shape index (κ1) is 14.0. The summed E-state index contributed by atoms with van der Waals surface area (Å²) >= 11 is 1.58. The minimum absolute atomic E-state index is 0.0530. The maximum atomic E-state index is 11.0. The highest BCUT2D eigenvalue weighted by atomic mass is 32.1. The molecule has 0 unspecified atom stereocenters. The molecule has 1 aromatic heterocycles. The molecule has 0 saturated heterocycles. The van der Waals surface area contributed by atoms with E-state index in [0.29, 0.717) is 12.8 Å². The van der Waals surface area contributed by atoms with Gasteiger partial charge in [-0.25, -0.2) is 4.98 Å². The second kappa shape index (κ2) is 6.00. The largest absolute Gasteiger partial charge is 0.469 e. The van der Waals surface area contributed by atoms with Gasteiger partial charge in [-0.05, 0) is 20.3 Å². The lowest BCUT2D eigenvalue weighted by atomic mass is 10.0. The summed E-state index contributed by atoms with van der Waals surface area (Å²) in [5.74, 6) is -0.193. The molecule has 0 saturated carbocycles. The van der Waals surface area contributed by atoms with Crippen LogP contribution >= 0.6 is 11.3 Å². The summed E-state index contributed by atoms with van der Waals surface area (Å²) in [6.07, 6.45) is 2.05. The Kier molecular flexibility index (Phi) is 4.93. The van der Waals surface area contributed by atoms with Crippen molar-refractivity contribution in [2.24, 2.45) is 0 Å². The van der Waals surface area contributed by atoms with E-state index in [-0.39, 0.29) is 11.5 Å². The number of carbonyl (C=O) groups is 1. The molecule has 0 fully saturated rings. The van der Waals surface area contributed by atoms with Gasteiger partial charge < -0.3 is 10.1 Å². The van der Waals surface area contributed by atoms with Gasteiger partial charge in [0.05, 0.1) is 19.2 Å². The van der Waals surface area contributed by atoms with Gasteiger partial charge in [-0.15, -0.1) is 11.3 Å². The Labute approximate surface area is 106 Å².